The third-order valence-corrected chi connectivity index (χ3v) is 4.38. The van der Waals surface area contributed by atoms with Crippen molar-refractivity contribution in [3.63, 3.8) is 0 Å². The summed E-state index contributed by atoms with van der Waals surface area (Å²) >= 11 is 3.47. The molecule has 0 atom stereocenters. The number of amides is 1. The second-order valence-electron chi connectivity index (χ2n) is 5.98. The van der Waals surface area contributed by atoms with E-state index in [1.165, 1.54) is 11.1 Å². The normalized spacial score (nSPS) is 10.8. The van der Waals surface area contributed by atoms with Gasteiger partial charge in [0, 0.05) is 22.3 Å². The lowest BCUT2D eigenvalue weighted by Gasteiger charge is -2.18. The number of likely N-dealkylation sites (N-methyl/N-ethyl adjacent to an activating group) is 1. The summed E-state index contributed by atoms with van der Waals surface area (Å²) in [6.07, 6.45) is 0. The second kappa shape index (κ2) is 8.31. The molecule has 2 aromatic carbocycles. The van der Waals surface area contributed by atoms with Gasteiger partial charge >= 0.3 is 0 Å². The number of halogens is 1. The van der Waals surface area contributed by atoms with E-state index in [0.29, 0.717) is 13.1 Å². The van der Waals surface area contributed by atoms with E-state index in [2.05, 4.69) is 28.2 Å². The van der Waals surface area contributed by atoms with Crippen molar-refractivity contribution in [3.8, 4) is 5.75 Å². The number of methoxy groups -OCH3 is 1. The summed E-state index contributed by atoms with van der Waals surface area (Å²) in [6, 6.07) is 11.8. The number of ether oxygens (including phenoxy) is 1. The number of anilines is 1. The second-order valence-corrected chi connectivity index (χ2v) is 6.89. The molecule has 5 heteroatoms. The van der Waals surface area contributed by atoms with E-state index < -0.39 is 0 Å². The number of carbonyl (C=O) groups is 1. The van der Waals surface area contributed by atoms with Crippen molar-refractivity contribution in [1.29, 1.82) is 0 Å². The molecule has 0 radical (unpaired) electrons. The monoisotopic (exact) mass is 390 g/mol. The topological polar surface area (TPSA) is 41.6 Å². The molecule has 1 N–H and O–H groups in total. The molecule has 2 rings (SSSR count). The van der Waals surface area contributed by atoms with Crippen LogP contribution in [0.15, 0.2) is 40.9 Å². The average Bonchev–Trinajstić information content (AvgIpc) is 2.51. The van der Waals surface area contributed by atoms with Crippen LogP contribution in [0.1, 0.15) is 16.7 Å². The maximum absolute atomic E-state index is 12.2. The average molecular weight is 391 g/mol. The molecular weight excluding hydrogens is 368 g/mol. The molecule has 0 aliphatic heterocycles. The van der Waals surface area contributed by atoms with Crippen LogP contribution in [-0.4, -0.2) is 31.5 Å². The number of rotatable bonds is 6. The molecule has 0 aromatic heterocycles. The number of hydrogen-bond donors (Lipinski definition) is 1. The quantitative estimate of drug-likeness (QED) is 0.805. The molecule has 128 valence electrons. The minimum Gasteiger partial charge on any atom is -0.496 e. The van der Waals surface area contributed by atoms with Crippen LogP contribution in [0.25, 0.3) is 0 Å². The summed E-state index contributed by atoms with van der Waals surface area (Å²) in [7, 11) is 3.57. The van der Waals surface area contributed by atoms with Crippen LogP contribution in [0.4, 0.5) is 5.69 Å². The van der Waals surface area contributed by atoms with Gasteiger partial charge in [0.1, 0.15) is 5.75 Å². The smallest absolute Gasteiger partial charge is 0.238 e. The van der Waals surface area contributed by atoms with Crippen LogP contribution in [0, 0.1) is 13.8 Å². The third-order valence-electron chi connectivity index (χ3n) is 3.89. The predicted octanol–water partition coefficient (Wildman–Crippen LogP) is 4.15. The minimum atomic E-state index is -0.0327. The zero-order valence-electron chi connectivity index (χ0n) is 14.5. The number of benzene rings is 2. The van der Waals surface area contributed by atoms with Crippen LogP contribution in [0.3, 0.4) is 0 Å². The van der Waals surface area contributed by atoms with Gasteiger partial charge in [0.25, 0.3) is 0 Å². The fraction of sp³-hybridized carbons (Fsp3) is 0.316. The molecule has 0 aliphatic rings. The van der Waals surface area contributed by atoms with E-state index in [1.54, 1.807) is 7.11 Å². The Labute approximate surface area is 151 Å². The van der Waals surface area contributed by atoms with Crippen LogP contribution in [0.5, 0.6) is 5.75 Å². The van der Waals surface area contributed by atoms with Crippen molar-refractivity contribution in [3.05, 3.63) is 57.6 Å². The van der Waals surface area contributed by atoms with Crippen LogP contribution < -0.4 is 10.1 Å². The van der Waals surface area contributed by atoms with E-state index in [9.17, 15) is 4.79 Å². The first-order valence-corrected chi connectivity index (χ1v) is 8.56. The van der Waals surface area contributed by atoms with Crippen molar-refractivity contribution in [2.75, 3.05) is 26.0 Å². The number of nitrogens with zero attached hydrogens (tertiary/aromatic N) is 1. The van der Waals surface area contributed by atoms with E-state index in [4.69, 9.17) is 4.74 Å². The van der Waals surface area contributed by atoms with Gasteiger partial charge in [0.2, 0.25) is 5.91 Å². The number of aryl methyl sites for hydroxylation is 2. The third kappa shape index (κ3) is 5.08. The molecule has 0 unspecified atom stereocenters. The number of nitrogens with one attached hydrogen (secondary N) is 1. The zero-order valence-corrected chi connectivity index (χ0v) is 16.1. The highest BCUT2D eigenvalue weighted by Gasteiger charge is 2.11. The van der Waals surface area contributed by atoms with Crippen molar-refractivity contribution in [2.24, 2.45) is 0 Å². The molecule has 0 bridgehead atoms. The van der Waals surface area contributed by atoms with Gasteiger partial charge in [-0.05, 0) is 62.4 Å². The Balaban J connectivity index is 1.96. The highest BCUT2D eigenvalue weighted by molar-refractivity contribution is 9.10. The van der Waals surface area contributed by atoms with Crippen molar-refractivity contribution in [2.45, 2.75) is 20.4 Å². The molecule has 4 nitrogen and oxygen atoms in total. The lowest BCUT2D eigenvalue weighted by molar-refractivity contribution is -0.117. The van der Waals surface area contributed by atoms with Crippen LogP contribution >= 0.6 is 15.9 Å². The Morgan fingerprint density at radius 2 is 1.92 bits per heavy atom. The molecule has 2 aromatic rings. The standard InChI is InChI=1S/C19H23BrN2O2/c1-13-5-7-17(9-14(13)2)21-19(23)12-22(3)11-15-10-16(20)6-8-18(15)24-4/h5-10H,11-12H2,1-4H3,(H,21,23). The van der Waals surface area contributed by atoms with Gasteiger partial charge in [0.05, 0.1) is 13.7 Å². The van der Waals surface area contributed by atoms with E-state index in [-0.39, 0.29) is 5.91 Å². The number of carbonyl (C=O) groups excluding carboxylic acids is 1. The fourth-order valence-corrected chi connectivity index (χ4v) is 2.89. The molecule has 0 fully saturated rings. The molecule has 0 heterocycles. The summed E-state index contributed by atoms with van der Waals surface area (Å²) in [5.74, 6) is 0.786. The van der Waals surface area contributed by atoms with Crippen molar-refractivity contribution in [1.82, 2.24) is 4.90 Å². The molecule has 24 heavy (non-hydrogen) atoms. The molecule has 0 spiro atoms. The molecular formula is C19H23BrN2O2. The van der Waals surface area contributed by atoms with Gasteiger partial charge in [-0.3, -0.25) is 9.69 Å². The maximum Gasteiger partial charge on any atom is 0.238 e. The summed E-state index contributed by atoms with van der Waals surface area (Å²) < 4.78 is 6.37. The lowest BCUT2D eigenvalue weighted by Crippen LogP contribution is -2.30. The Bertz CT molecular complexity index is 731. The fourth-order valence-electron chi connectivity index (χ4n) is 2.48. The molecule has 1 amide bonds. The van der Waals surface area contributed by atoms with Gasteiger partial charge in [0.15, 0.2) is 0 Å². The van der Waals surface area contributed by atoms with Gasteiger partial charge in [-0.1, -0.05) is 22.0 Å². The molecule has 0 aliphatic carbocycles. The first kappa shape index (κ1) is 18.5. The molecule has 0 saturated heterocycles. The van der Waals surface area contributed by atoms with Gasteiger partial charge in [-0.15, -0.1) is 0 Å². The predicted molar refractivity (Wildman–Crippen MR) is 102 cm³/mol. The van der Waals surface area contributed by atoms with Gasteiger partial charge in [-0.25, -0.2) is 0 Å². The number of hydrogen-bond acceptors (Lipinski definition) is 3. The Hall–Kier alpha value is -1.85. The largest absolute Gasteiger partial charge is 0.496 e. The van der Waals surface area contributed by atoms with Gasteiger partial charge in [-0.2, -0.15) is 0 Å². The summed E-state index contributed by atoms with van der Waals surface area (Å²) in [5, 5.41) is 2.95. The Morgan fingerprint density at radius 3 is 2.58 bits per heavy atom. The first-order valence-electron chi connectivity index (χ1n) is 7.77. The van der Waals surface area contributed by atoms with E-state index in [0.717, 1.165) is 21.5 Å². The van der Waals surface area contributed by atoms with Gasteiger partial charge < -0.3 is 10.1 Å². The van der Waals surface area contributed by atoms with E-state index >= 15 is 0 Å². The Morgan fingerprint density at radius 1 is 1.17 bits per heavy atom. The van der Waals surface area contributed by atoms with Crippen molar-refractivity contribution < 1.29 is 9.53 Å². The minimum absolute atomic E-state index is 0.0327. The zero-order chi connectivity index (χ0) is 17.7. The SMILES string of the molecule is COc1ccc(Br)cc1CN(C)CC(=O)Nc1ccc(C)c(C)c1. The first-order chi connectivity index (χ1) is 11.4. The maximum atomic E-state index is 12.2. The molecule has 0 saturated carbocycles. The van der Waals surface area contributed by atoms with Crippen LogP contribution in [0.2, 0.25) is 0 Å². The van der Waals surface area contributed by atoms with Crippen molar-refractivity contribution >= 4 is 27.5 Å². The highest BCUT2D eigenvalue weighted by Crippen LogP contribution is 2.24. The van der Waals surface area contributed by atoms with Crippen LogP contribution in [-0.2, 0) is 11.3 Å². The summed E-state index contributed by atoms with van der Waals surface area (Å²) in [5.41, 5.74) is 4.25. The summed E-state index contributed by atoms with van der Waals surface area (Å²) in [4.78, 5) is 14.2. The van der Waals surface area contributed by atoms with E-state index in [1.807, 2.05) is 55.3 Å². The lowest BCUT2D eigenvalue weighted by atomic mass is 10.1. The Kier molecular flexibility index (Phi) is 6.40. The summed E-state index contributed by atoms with van der Waals surface area (Å²) in [6.45, 7) is 5.03. The highest BCUT2D eigenvalue weighted by atomic mass is 79.9.